The molecule has 19 heavy (non-hydrogen) atoms. The highest BCUT2D eigenvalue weighted by Crippen LogP contribution is 2.35. The van der Waals surface area contributed by atoms with Crippen molar-refractivity contribution in [3.63, 3.8) is 0 Å². The number of hydrogen-bond donors (Lipinski definition) is 1. The summed E-state index contributed by atoms with van der Waals surface area (Å²) in [4.78, 5) is 0. The van der Waals surface area contributed by atoms with Gasteiger partial charge in [0.2, 0.25) is 0 Å². The van der Waals surface area contributed by atoms with E-state index in [0.717, 1.165) is 0 Å². The highest BCUT2D eigenvalue weighted by atomic mass is 19.1. The molecule has 4 nitrogen and oxygen atoms in total. The van der Waals surface area contributed by atoms with E-state index in [2.05, 4.69) is 5.10 Å². The molecule has 1 aromatic carbocycles. The van der Waals surface area contributed by atoms with Crippen LogP contribution >= 0.6 is 0 Å². The third kappa shape index (κ3) is 2.41. The summed E-state index contributed by atoms with van der Waals surface area (Å²) < 4.78 is 20.9. The molecular weight excluding hydrogens is 245 g/mol. The van der Waals surface area contributed by atoms with Crippen molar-refractivity contribution in [2.24, 2.45) is 0 Å². The number of nitrogens with two attached hydrogens (primary N) is 1. The molecule has 0 radical (unpaired) electrons. The lowest BCUT2D eigenvalue weighted by Gasteiger charge is -2.18. The van der Waals surface area contributed by atoms with Crippen LogP contribution in [-0.2, 0) is 5.54 Å². The second-order valence-corrected chi connectivity index (χ2v) is 5.37. The maximum atomic E-state index is 14.0. The van der Waals surface area contributed by atoms with Crippen LogP contribution < -0.4 is 10.5 Å². The van der Waals surface area contributed by atoms with Gasteiger partial charge in [0.15, 0.2) is 0 Å². The number of rotatable bonds is 2. The van der Waals surface area contributed by atoms with Crippen LogP contribution in [0.1, 0.15) is 20.8 Å². The lowest BCUT2D eigenvalue weighted by Crippen LogP contribution is -2.22. The minimum Gasteiger partial charge on any atom is -0.496 e. The molecule has 0 aliphatic heterocycles. The molecule has 0 aliphatic rings. The summed E-state index contributed by atoms with van der Waals surface area (Å²) in [6.45, 7) is 6.01. The number of nitrogen functional groups attached to an aromatic ring is 1. The fourth-order valence-corrected chi connectivity index (χ4v) is 1.83. The van der Waals surface area contributed by atoms with Crippen molar-refractivity contribution in [2.45, 2.75) is 26.3 Å². The highest BCUT2D eigenvalue weighted by Gasteiger charge is 2.21. The molecule has 1 aromatic heterocycles. The molecular formula is C14H18FN3O. The Morgan fingerprint density at radius 1 is 1.32 bits per heavy atom. The minimum atomic E-state index is -0.398. The molecule has 5 heteroatoms. The Morgan fingerprint density at radius 2 is 2.00 bits per heavy atom. The van der Waals surface area contributed by atoms with Gasteiger partial charge in [-0.1, -0.05) is 6.07 Å². The predicted octanol–water partition coefficient (Wildman–Crippen LogP) is 3.04. The number of aromatic nitrogens is 2. The van der Waals surface area contributed by atoms with Gasteiger partial charge in [0, 0.05) is 6.20 Å². The van der Waals surface area contributed by atoms with E-state index in [0.29, 0.717) is 22.7 Å². The standard InChI is InChI=1S/C14H18FN3O/c1-14(2,3)18-8-10(16)13(17-18)12-9(15)6-5-7-11(12)19-4/h5-8H,16H2,1-4H3. The summed E-state index contributed by atoms with van der Waals surface area (Å²) in [5, 5.41) is 4.39. The average molecular weight is 263 g/mol. The van der Waals surface area contributed by atoms with Gasteiger partial charge < -0.3 is 10.5 Å². The number of benzene rings is 1. The van der Waals surface area contributed by atoms with Gasteiger partial charge in [-0.05, 0) is 32.9 Å². The second-order valence-electron chi connectivity index (χ2n) is 5.37. The summed E-state index contributed by atoms with van der Waals surface area (Å²) >= 11 is 0. The van der Waals surface area contributed by atoms with Crippen molar-refractivity contribution < 1.29 is 9.13 Å². The van der Waals surface area contributed by atoms with Crippen molar-refractivity contribution in [1.82, 2.24) is 9.78 Å². The van der Waals surface area contributed by atoms with Crippen LogP contribution in [-0.4, -0.2) is 16.9 Å². The molecule has 2 aromatic rings. The lowest BCUT2D eigenvalue weighted by molar-refractivity contribution is 0.356. The Balaban J connectivity index is 2.63. The number of halogens is 1. The predicted molar refractivity (Wildman–Crippen MR) is 73.6 cm³/mol. The molecule has 0 saturated heterocycles. The number of ether oxygens (including phenoxy) is 1. The topological polar surface area (TPSA) is 53.1 Å². The SMILES string of the molecule is COc1cccc(F)c1-c1nn(C(C)(C)C)cc1N. The van der Waals surface area contributed by atoms with E-state index in [4.69, 9.17) is 10.5 Å². The zero-order valence-electron chi connectivity index (χ0n) is 11.6. The molecule has 0 bridgehead atoms. The monoisotopic (exact) mass is 263 g/mol. The van der Waals surface area contributed by atoms with Crippen LogP contribution in [0.3, 0.4) is 0 Å². The first-order valence-corrected chi connectivity index (χ1v) is 6.03. The Morgan fingerprint density at radius 3 is 2.53 bits per heavy atom. The van der Waals surface area contributed by atoms with Crippen molar-refractivity contribution in [1.29, 1.82) is 0 Å². The first-order chi connectivity index (χ1) is 8.84. The van der Waals surface area contributed by atoms with Crippen LogP contribution in [0.5, 0.6) is 5.75 Å². The largest absolute Gasteiger partial charge is 0.496 e. The van der Waals surface area contributed by atoms with E-state index in [1.165, 1.54) is 13.2 Å². The second kappa shape index (κ2) is 4.57. The zero-order valence-corrected chi connectivity index (χ0v) is 11.6. The van der Waals surface area contributed by atoms with E-state index >= 15 is 0 Å². The molecule has 102 valence electrons. The van der Waals surface area contributed by atoms with Gasteiger partial charge in [-0.2, -0.15) is 5.10 Å². The molecule has 0 atom stereocenters. The van der Waals surface area contributed by atoms with Crippen molar-refractivity contribution in [2.75, 3.05) is 12.8 Å². The highest BCUT2D eigenvalue weighted by molar-refractivity contribution is 5.77. The van der Waals surface area contributed by atoms with E-state index in [1.54, 1.807) is 23.0 Å². The van der Waals surface area contributed by atoms with Gasteiger partial charge >= 0.3 is 0 Å². The molecule has 0 spiro atoms. The third-order valence-electron chi connectivity index (χ3n) is 2.86. The lowest BCUT2D eigenvalue weighted by atomic mass is 10.1. The molecule has 0 aliphatic carbocycles. The smallest absolute Gasteiger partial charge is 0.136 e. The van der Waals surface area contributed by atoms with Crippen LogP contribution in [0, 0.1) is 5.82 Å². The number of anilines is 1. The number of methoxy groups -OCH3 is 1. The van der Waals surface area contributed by atoms with Crippen molar-refractivity contribution in [3.05, 3.63) is 30.2 Å². The third-order valence-corrected chi connectivity index (χ3v) is 2.86. The zero-order chi connectivity index (χ0) is 14.2. The van der Waals surface area contributed by atoms with Crippen LogP contribution in [0.4, 0.5) is 10.1 Å². The van der Waals surface area contributed by atoms with Gasteiger partial charge in [-0.25, -0.2) is 4.39 Å². The maximum Gasteiger partial charge on any atom is 0.136 e. The summed E-state index contributed by atoms with van der Waals surface area (Å²) in [5.41, 5.74) is 6.87. The first kappa shape index (κ1) is 13.4. The Labute approximate surface area is 112 Å². The minimum absolute atomic E-state index is 0.217. The number of nitrogens with zero attached hydrogens (tertiary/aromatic N) is 2. The summed E-state index contributed by atoms with van der Waals surface area (Å²) in [7, 11) is 1.50. The average Bonchev–Trinajstić information content (AvgIpc) is 2.70. The van der Waals surface area contributed by atoms with Gasteiger partial charge in [-0.3, -0.25) is 4.68 Å². The molecule has 0 saturated carbocycles. The van der Waals surface area contributed by atoms with Gasteiger partial charge in [0.1, 0.15) is 17.3 Å². The van der Waals surface area contributed by atoms with Gasteiger partial charge in [0.25, 0.3) is 0 Å². The van der Waals surface area contributed by atoms with Crippen molar-refractivity contribution >= 4 is 5.69 Å². The summed E-state index contributed by atoms with van der Waals surface area (Å²) in [6.07, 6.45) is 1.71. The molecule has 0 amide bonds. The molecule has 0 unspecified atom stereocenters. The first-order valence-electron chi connectivity index (χ1n) is 6.03. The summed E-state index contributed by atoms with van der Waals surface area (Å²) in [6, 6.07) is 4.65. The van der Waals surface area contributed by atoms with E-state index in [-0.39, 0.29) is 5.54 Å². The fraction of sp³-hybridized carbons (Fsp3) is 0.357. The fourth-order valence-electron chi connectivity index (χ4n) is 1.83. The maximum absolute atomic E-state index is 14.0. The Kier molecular flexibility index (Phi) is 3.22. The molecule has 1 heterocycles. The number of hydrogen-bond acceptors (Lipinski definition) is 3. The molecule has 2 rings (SSSR count). The molecule has 0 fully saturated rings. The Bertz CT molecular complexity index is 599. The van der Waals surface area contributed by atoms with Crippen LogP contribution in [0.25, 0.3) is 11.3 Å². The van der Waals surface area contributed by atoms with Gasteiger partial charge in [-0.15, -0.1) is 0 Å². The Hall–Kier alpha value is -2.04. The normalized spacial score (nSPS) is 11.6. The van der Waals surface area contributed by atoms with Crippen molar-refractivity contribution in [3.8, 4) is 17.0 Å². The summed E-state index contributed by atoms with van der Waals surface area (Å²) in [5.74, 6) is 0.0241. The van der Waals surface area contributed by atoms with E-state index in [1.807, 2.05) is 20.8 Å². The molecule has 2 N–H and O–H groups in total. The van der Waals surface area contributed by atoms with Gasteiger partial charge in [0.05, 0.1) is 23.9 Å². The van der Waals surface area contributed by atoms with E-state index < -0.39 is 5.82 Å². The van der Waals surface area contributed by atoms with E-state index in [9.17, 15) is 4.39 Å². The van der Waals surface area contributed by atoms with Crippen LogP contribution in [0.15, 0.2) is 24.4 Å². The van der Waals surface area contributed by atoms with Crippen LogP contribution in [0.2, 0.25) is 0 Å². The quantitative estimate of drug-likeness (QED) is 0.906.